The lowest BCUT2D eigenvalue weighted by atomic mass is 9.91. The van der Waals surface area contributed by atoms with Crippen molar-refractivity contribution in [2.75, 3.05) is 26.7 Å². The zero-order valence-corrected chi connectivity index (χ0v) is 17.3. The second-order valence-corrected chi connectivity index (χ2v) is 7.76. The number of benzene rings is 1. The fourth-order valence-corrected chi connectivity index (χ4v) is 3.71. The largest absolute Gasteiger partial charge is 0.354 e. The fraction of sp³-hybridized carbons (Fsp3) is 0.435. The average Bonchev–Trinajstić information content (AvgIpc) is 2.77. The first-order valence-electron chi connectivity index (χ1n) is 10.4. The normalized spacial score (nSPS) is 18.6. The van der Waals surface area contributed by atoms with Crippen LogP contribution in [0.1, 0.15) is 57.8 Å². The minimum absolute atomic E-state index is 0.201. The molecule has 0 saturated carbocycles. The van der Waals surface area contributed by atoms with Gasteiger partial charge >= 0.3 is 0 Å². The van der Waals surface area contributed by atoms with Crippen molar-refractivity contribution in [3.05, 3.63) is 65.0 Å². The predicted octanol–water partition coefficient (Wildman–Crippen LogP) is 2.63. The van der Waals surface area contributed by atoms with Crippen molar-refractivity contribution in [1.82, 2.24) is 20.9 Å². The van der Waals surface area contributed by atoms with Crippen LogP contribution < -0.4 is 16.0 Å². The van der Waals surface area contributed by atoms with Crippen LogP contribution in [-0.4, -0.2) is 49.1 Å². The molecule has 0 unspecified atom stereocenters. The molecule has 1 aliphatic rings. The lowest BCUT2D eigenvalue weighted by Gasteiger charge is -2.30. The molecule has 2 aromatic rings. The van der Waals surface area contributed by atoms with Gasteiger partial charge in [-0.05, 0) is 49.9 Å². The molecular weight excluding hydrogens is 383 g/mol. The van der Waals surface area contributed by atoms with Gasteiger partial charge in [-0.25, -0.2) is 9.37 Å². The molecule has 0 radical (unpaired) electrons. The van der Waals surface area contributed by atoms with Gasteiger partial charge in [0, 0.05) is 37.8 Å². The third kappa shape index (κ3) is 6.10. The summed E-state index contributed by atoms with van der Waals surface area (Å²) in [5, 5.41) is 8.49. The molecule has 2 amide bonds. The smallest absolute Gasteiger partial charge is 0.269 e. The van der Waals surface area contributed by atoms with E-state index in [9.17, 15) is 14.0 Å². The lowest BCUT2D eigenvalue weighted by Crippen LogP contribution is -2.42. The molecule has 0 aliphatic carbocycles. The van der Waals surface area contributed by atoms with Crippen LogP contribution in [0, 0.1) is 0 Å². The van der Waals surface area contributed by atoms with Gasteiger partial charge in [0.05, 0.1) is 0 Å². The Morgan fingerprint density at radius 3 is 2.70 bits per heavy atom. The molecule has 6 nitrogen and oxygen atoms in total. The zero-order chi connectivity index (χ0) is 21.4. The van der Waals surface area contributed by atoms with E-state index < -0.39 is 5.67 Å². The summed E-state index contributed by atoms with van der Waals surface area (Å²) < 4.78 is 14.6. The van der Waals surface area contributed by atoms with Gasteiger partial charge in [-0.1, -0.05) is 30.3 Å². The molecule has 1 aromatic heterocycles. The van der Waals surface area contributed by atoms with Gasteiger partial charge in [0.25, 0.3) is 11.8 Å². The Morgan fingerprint density at radius 2 is 2.00 bits per heavy atom. The van der Waals surface area contributed by atoms with Crippen molar-refractivity contribution in [3.8, 4) is 0 Å². The number of amides is 2. The van der Waals surface area contributed by atoms with E-state index >= 15 is 0 Å². The topological polar surface area (TPSA) is 83.1 Å². The Hall–Kier alpha value is -2.80. The number of alkyl halides is 1. The monoisotopic (exact) mass is 412 g/mol. The van der Waals surface area contributed by atoms with Gasteiger partial charge in [0.2, 0.25) is 0 Å². The minimum atomic E-state index is -1.19. The molecule has 2 heterocycles. The van der Waals surface area contributed by atoms with Crippen molar-refractivity contribution < 1.29 is 14.0 Å². The van der Waals surface area contributed by atoms with E-state index in [1.165, 1.54) is 13.1 Å². The van der Waals surface area contributed by atoms with Gasteiger partial charge in [-0.3, -0.25) is 9.59 Å². The van der Waals surface area contributed by atoms with Crippen LogP contribution in [0.15, 0.2) is 42.5 Å². The quantitative estimate of drug-likeness (QED) is 0.582. The number of piperidine rings is 1. The molecule has 7 heteroatoms. The number of hydrogen-bond donors (Lipinski definition) is 3. The van der Waals surface area contributed by atoms with Crippen molar-refractivity contribution in [2.24, 2.45) is 0 Å². The first-order chi connectivity index (χ1) is 14.5. The van der Waals surface area contributed by atoms with E-state index in [1.807, 2.05) is 30.3 Å². The van der Waals surface area contributed by atoms with Crippen LogP contribution in [0.25, 0.3) is 0 Å². The van der Waals surface area contributed by atoms with E-state index in [4.69, 9.17) is 0 Å². The highest BCUT2D eigenvalue weighted by Gasteiger charge is 2.30. The molecule has 1 aromatic carbocycles. The molecule has 1 atom stereocenters. The van der Waals surface area contributed by atoms with Crippen molar-refractivity contribution in [3.63, 3.8) is 0 Å². The Kier molecular flexibility index (Phi) is 7.52. The number of rotatable bonds is 8. The molecule has 1 aliphatic heterocycles. The number of nitrogens with one attached hydrogen (secondary N) is 3. The molecule has 160 valence electrons. The van der Waals surface area contributed by atoms with Crippen molar-refractivity contribution in [2.45, 2.75) is 37.8 Å². The first kappa shape index (κ1) is 21.9. The van der Waals surface area contributed by atoms with Gasteiger partial charge in [-0.15, -0.1) is 0 Å². The summed E-state index contributed by atoms with van der Waals surface area (Å²) in [7, 11) is 1.53. The summed E-state index contributed by atoms with van der Waals surface area (Å²) >= 11 is 0. The Bertz CT molecular complexity index is 867. The van der Waals surface area contributed by atoms with Crippen LogP contribution >= 0.6 is 0 Å². The maximum atomic E-state index is 14.6. The predicted molar refractivity (Wildman–Crippen MR) is 114 cm³/mol. The van der Waals surface area contributed by atoms with Gasteiger partial charge < -0.3 is 16.0 Å². The van der Waals surface area contributed by atoms with Crippen LogP contribution in [0.5, 0.6) is 0 Å². The molecular formula is C23H29FN4O2. The third-order valence-electron chi connectivity index (χ3n) is 5.34. The van der Waals surface area contributed by atoms with E-state index in [2.05, 4.69) is 20.9 Å². The van der Waals surface area contributed by atoms with E-state index in [1.54, 1.807) is 6.07 Å². The van der Waals surface area contributed by atoms with E-state index in [0.717, 1.165) is 18.5 Å². The third-order valence-corrected chi connectivity index (χ3v) is 5.34. The molecule has 0 bridgehead atoms. The van der Waals surface area contributed by atoms with E-state index in [0.29, 0.717) is 50.0 Å². The summed E-state index contributed by atoms with van der Waals surface area (Å²) in [6.45, 7) is 1.63. The molecule has 0 spiro atoms. The second kappa shape index (κ2) is 10.3. The molecule has 3 rings (SSSR count). The van der Waals surface area contributed by atoms with Crippen LogP contribution in [0.4, 0.5) is 4.39 Å². The summed E-state index contributed by atoms with van der Waals surface area (Å²) in [4.78, 5) is 29.2. The maximum Gasteiger partial charge on any atom is 0.269 e. The van der Waals surface area contributed by atoms with Crippen LogP contribution in [-0.2, 0) is 6.42 Å². The molecule has 1 saturated heterocycles. The Morgan fingerprint density at radius 1 is 1.20 bits per heavy atom. The lowest BCUT2D eigenvalue weighted by molar-refractivity contribution is 0.0929. The summed E-state index contributed by atoms with van der Waals surface area (Å²) in [5.74, 6) is -0.630. The van der Waals surface area contributed by atoms with Gasteiger partial charge in [0.1, 0.15) is 11.4 Å². The second-order valence-electron chi connectivity index (χ2n) is 7.76. The highest BCUT2D eigenvalue weighted by molar-refractivity contribution is 5.98. The van der Waals surface area contributed by atoms with Crippen LogP contribution in [0.3, 0.4) is 0 Å². The number of pyridine rings is 1. The number of carbonyl (C=O) groups excluding carboxylic acids is 2. The Labute approximate surface area is 176 Å². The fourth-order valence-electron chi connectivity index (χ4n) is 3.71. The number of carbonyl (C=O) groups is 2. The highest BCUT2D eigenvalue weighted by atomic mass is 19.1. The summed E-state index contributed by atoms with van der Waals surface area (Å²) in [5.41, 5.74) is 1.08. The van der Waals surface area contributed by atoms with Gasteiger partial charge in [0.15, 0.2) is 0 Å². The highest BCUT2D eigenvalue weighted by Crippen LogP contribution is 2.25. The minimum Gasteiger partial charge on any atom is -0.354 e. The SMILES string of the molecule is CNC(=O)c1cc(C(=O)NCCC[C@]2(F)CCCNC2)cc(Cc2ccccc2)n1. The standard InChI is InChI=1S/C23H29FN4O2/c1-25-22(30)20-15-18(14-19(28-20)13-17-7-3-2-4-8-17)21(29)27-12-6-10-23(24)9-5-11-26-16-23/h2-4,7-8,14-15,26H,5-6,9-13,16H2,1H3,(H,25,30)(H,27,29)/t23-/m1/s1. The molecule has 1 fully saturated rings. The summed E-state index contributed by atoms with van der Waals surface area (Å²) in [6, 6.07) is 12.9. The maximum absolute atomic E-state index is 14.6. The number of halogens is 1. The van der Waals surface area contributed by atoms with Gasteiger partial charge in [-0.2, -0.15) is 0 Å². The van der Waals surface area contributed by atoms with Crippen molar-refractivity contribution in [1.29, 1.82) is 0 Å². The van der Waals surface area contributed by atoms with Crippen molar-refractivity contribution >= 4 is 11.8 Å². The zero-order valence-electron chi connectivity index (χ0n) is 17.3. The number of aromatic nitrogens is 1. The first-order valence-corrected chi connectivity index (χ1v) is 10.4. The number of nitrogens with zero attached hydrogens (tertiary/aromatic N) is 1. The van der Waals surface area contributed by atoms with Crippen LogP contribution in [0.2, 0.25) is 0 Å². The van der Waals surface area contributed by atoms with E-state index in [-0.39, 0.29) is 17.5 Å². The average molecular weight is 413 g/mol. The molecule has 3 N–H and O–H groups in total. The Balaban J connectivity index is 1.64. The number of hydrogen-bond acceptors (Lipinski definition) is 4. The summed E-state index contributed by atoms with van der Waals surface area (Å²) in [6.07, 6.45) is 2.90. The molecule has 30 heavy (non-hydrogen) atoms.